The van der Waals surface area contributed by atoms with E-state index in [1.807, 2.05) is 13.8 Å². The highest BCUT2D eigenvalue weighted by Gasteiger charge is 2.30. The zero-order chi connectivity index (χ0) is 17.7. The number of ether oxygens (including phenoxy) is 1. The summed E-state index contributed by atoms with van der Waals surface area (Å²) >= 11 is 1.61. The van der Waals surface area contributed by atoms with Gasteiger partial charge in [-0.05, 0) is 31.5 Å². The van der Waals surface area contributed by atoms with Crippen LogP contribution in [0.1, 0.15) is 21.1 Å². The highest BCUT2D eigenvalue weighted by molar-refractivity contribution is 14.0. The smallest absolute Gasteiger partial charge is 0.406 e. The van der Waals surface area contributed by atoms with Crippen LogP contribution >= 0.6 is 35.3 Å². The lowest BCUT2D eigenvalue weighted by Gasteiger charge is -2.09. The summed E-state index contributed by atoms with van der Waals surface area (Å²) in [6.07, 6.45) is -4.69. The van der Waals surface area contributed by atoms with Crippen LogP contribution in [0.25, 0.3) is 0 Å². The molecule has 1 aromatic carbocycles. The highest BCUT2D eigenvalue weighted by Crippen LogP contribution is 2.22. The summed E-state index contributed by atoms with van der Waals surface area (Å²) in [6, 6.07) is 5.49. The summed E-state index contributed by atoms with van der Waals surface area (Å²) in [5, 5.41) is 3.95. The Morgan fingerprint density at radius 2 is 1.92 bits per heavy atom. The molecule has 0 saturated heterocycles. The summed E-state index contributed by atoms with van der Waals surface area (Å²) < 4.78 is 40.0. The van der Waals surface area contributed by atoms with Crippen LogP contribution in [-0.4, -0.2) is 17.3 Å². The maximum atomic E-state index is 12.1. The van der Waals surface area contributed by atoms with Gasteiger partial charge in [0.2, 0.25) is 0 Å². The van der Waals surface area contributed by atoms with E-state index in [4.69, 9.17) is 5.73 Å². The number of aliphatic imine (C=N–C) groups is 1. The van der Waals surface area contributed by atoms with Gasteiger partial charge in [-0.15, -0.1) is 48.5 Å². The number of halogens is 4. The molecule has 0 aliphatic rings. The molecule has 0 spiro atoms. The molecule has 138 valence electrons. The van der Waals surface area contributed by atoms with Crippen LogP contribution in [-0.2, 0) is 13.1 Å². The number of nitrogens with zero attached hydrogens (tertiary/aromatic N) is 2. The van der Waals surface area contributed by atoms with E-state index in [0.717, 1.165) is 21.1 Å². The molecule has 0 fully saturated rings. The molecule has 1 aromatic heterocycles. The van der Waals surface area contributed by atoms with E-state index in [-0.39, 0.29) is 42.2 Å². The molecule has 1 heterocycles. The standard InChI is InChI=1S/C15H17F3N4OS.HI/c1-9-13(22-10(2)24-9)8-21-14(19)20-7-11-3-5-12(6-4-11)23-15(16,17)18;/h3-6H,7-8H2,1-2H3,(H3,19,20,21);1H. The number of nitrogens with one attached hydrogen (secondary N) is 1. The minimum absolute atomic E-state index is 0. The maximum Gasteiger partial charge on any atom is 0.573 e. The lowest BCUT2D eigenvalue weighted by atomic mass is 10.2. The minimum Gasteiger partial charge on any atom is -0.406 e. The van der Waals surface area contributed by atoms with E-state index < -0.39 is 6.36 Å². The van der Waals surface area contributed by atoms with Crippen LogP contribution in [0.2, 0.25) is 0 Å². The van der Waals surface area contributed by atoms with Gasteiger partial charge in [0.15, 0.2) is 5.96 Å². The van der Waals surface area contributed by atoms with Gasteiger partial charge in [-0.1, -0.05) is 12.1 Å². The van der Waals surface area contributed by atoms with Gasteiger partial charge in [0, 0.05) is 4.88 Å². The normalized spacial score (nSPS) is 11.8. The second kappa shape index (κ2) is 9.22. The first-order chi connectivity index (χ1) is 11.2. The number of nitrogens with two attached hydrogens (primary N) is 1. The Hall–Kier alpha value is -1.56. The number of thiazole rings is 1. The fourth-order valence-corrected chi connectivity index (χ4v) is 2.77. The Morgan fingerprint density at radius 3 is 2.44 bits per heavy atom. The number of aryl methyl sites for hydroxylation is 2. The van der Waals surface area contributed by atoms with Crippen molar-refractivity contribution in [2.45, 2.75) is 33.3 Å². The van der Waals surface area contributed by atoms with Gasteiger partial charge in [-0.3, -0.25) is 0 Å². The van der Waals surface area contributed by atoms with Gasteiger partial charge >= 0.3 is 6.36 Å². The number of alkyl halides is 3. The molecule has 2 rings (SSSR count). The second-order valence-electron chi connectivity index (χ2n) is 4.98. The topological polar surface area (TPSA) is 72.5 Å². The first kappa shape index (κ1) is 21.5. The fourth-order valence-electron chi connectivity index (χ4n) is 1.94. The second-order valence-corrected chi connectivity index (χ2v) is 6.39. The Labute approximate surface area is 164 Å². The molecule has 0 unspecified atom stereocenters. The van der Waals surface area contributed by atoms with Crippen LogP contribution in [0, 0.1) is 13.8 Å². The molecule has 25 heavy (non-hydrogen) atoms. The average molecular weight is 486 g/mol. The molecule has 0 aliphatic carbocycles. The third kappa shape index (κ3) is 7.46. The van der Waals surface area contributed by atoms with Crippen molar-refractivity contribution in [3.63, 3.8) is 0 Å². The highest BCUT2D eigenvalue weighted by atomic mass is 127. The number of hydrogen-bond donors (Lipinski definition) is 2. The third-order valence-electron chi connectivity index (χ3n) is 3.03. The average Bonchev–Trinajstić information content (AvgIpc) is 2.81. The van der Waals surface area contributed by atoms with Crippen molar-refractivity contribution in [2.24, 2.45) is 10.7 Å². The van der Waals surface area contributed by atoms with Gasteiger partial charge in [0.1, 0.15) is 5.75 Å². The molecule has 0 amide bonds. The molecule has 0 atom stereocenters. The Kier molecular flexibility index (Phi) is 7.93. The largest absolute Gasteiger partial charge is 0.573 e. The first-order valence-corrected chi connectivity index (χ1v) is 7.86. The van der Waals surface area contributed by atoms with E-state index in [1.165, 1.54) is 24.3 Å². The van der Waals surface area contributed by atoms with Crippen LogP contribution in [0.4, 0.5) is 13.2 Å². The zero-order valence-electron chi connectivity index (χ0n) is 13.6. The van der Waals surface area contributed by atoms with E-state index in [9.17, 15) is 13.2 Å². The lowest BCUT2D eigenvalue weighted by Crippen LogP contribution is -2.31. The number of benzene rings is 1. The maximum absolute atomic E-state index is 12.1. The van der Waals surface area contributed by atoms with Crippen LogP contribution in [0.3, 0.4) is 0 Å². The van der Waals surface area contributed by atoms with Crippen molar-refractivity contribution >= 4 is 41.3 Å². The molecule has 0 radical (unpaired) electrons. The molecule has 0 saturated carbocycles. The third-order valence-corrected chi connectivity index (χ3v) is 3.95. The molecule has 2 aromatic rings. The SMILES string of the molecule is Cc1nc(CNC(N)=NCc2ccc(OC(F)(F)F)cc2)c(C)s1.I. The molecular weight excluding hydrogens is 468 g/mol. The van der Waals surface area contributed by atoms with Crippen molar-refractivity contribution in [3.05, 3.63) is 45.4 Å². The van der Waals surface area contributed by atoms with Crippen molar-refractivity contribution < 1.29 is 17.9 Å². The lowest BCUT2D eigenvalue weighted by molar-refractivity contribution is -0.274. The number of guanidine groups is 1. The molecule has 3 N–H and O–H groups in total. The molecule has 10 heteroatoms. The number of rotatable bonds is 5. The van der Waals surface area contributed by atoms with Crippen molar-refractivity contribution in [1.29, 1.82) is 0 Å². The number of hydrogen-bond acceptors (Lipinski definition) is 4. The molecule has 0 aliphatic heterocycles. The summed E-state index contributed by atoms with van der Waals surface area (Å²) in [4.78, 5) is 9.64. The van der Waals surface area contributed by atoms with E-state index in [2.05, 4.69) is 20.0 Å². The molecular formula is C15H18F3IN4OS. The molecule has 5 nitrogen and oxygen atoms in total. The van der Waals surface area contributed by atoms with Crippen molar-refractivity contribution in [3.8, 4) is 5.75 Å². The predicted octanol–water partition coefficient (Wildman–Crippen LogP) is 3.88. The fraction of sp³-hybridized carbons (Fsp3) is 0.333. The van der Waals surface area contributed by atoms with E-state index >= 15 is 0 Å². The molecule has 0 bridgehead atoms. The van der Waals surface area contributed by atoms with Crippen LogP contribution in [0.5, 0.6) is 5.75 Å². The zero-order valence-corrected chi connectivity index (χ0v) is 16.7. The Morgan fingerprint density at radius 1 is 1.28 bits per heavy atom. The van der Waals surface area contributed by atoms with Crippen molar-refractivity contribution in [1.82, 2.24) is 10.3 Å². The van der Waals surface area contributed by atoms with Gasteiger partial charge in [-0.2, -0.15) is 0 Å². The van der Waals surface area contributed by atoms with E-state index in [0.29, 0.717) is 6.54 Å². The van der Waals surface area contributed by atoms with E-state index in [1.54, 1.807) is 11.3 Å². The van der Waals surface area contributed by atoms with Gasteiger partial charge in [0.25, 0.3) is 0 Å². The van der Waals surface area contributed by atoms with Crippen LogP contribution < -0.4 is 15.8 Å². The summed E-state index contributed by atoms with van der Waals surface area (Å²) in [7, 11) is 0. The van der Waals surface area contributed by atoms with Gasteiger partial charge in [-0.25, -0.2) is 9.98 Å². The van der Waals surface area contributed by atoms with Gasteiger partial charge in [0.05, 0.1) is 23.8 Å². The number of aromatic nitrogens is 1. The van der Waals surface area contributed by atoms with Crippen LogP contribution in [0.15, 0.2) is 29.3 Å². The Balaban J connectivity index is 0.00000312. The minimum atomic E-state index is -4.69. The predicted molar refractivity (Wildman–Crippen MR) is 102 cm³/mol. The Bertz CT molecular complexity index is 717. The van der Waals surface area contributed by atoms with Gasteiger partial charge < -0.3 is 15.8 Å². The quantitative estimate of drug-likeness (QED) is 0.383. The summed E-state index contributed by atoms with van der Waals surface area (Å²) in [5.74, 6) is -0.0219. The first-order valence-electron chi connectivity index (χ1n) is 7.04. The van der Waals surface area contributed by atoms with Crippen molar-refractivity contribution in [2.75, 3.05) is 0 Å². The summed E-state index contributed by atoms with van der Waals surface area (Å²) in [5.41, 5.74) is 7.42. The summed E-state index contributed by atoms with van der Waals surface area (Å²) in [6.45, 7) is 4.65. The monoisotopic (exact) mass is 486 g/mol.